The monoisotopic (exact) mass is 573 g/mol. The number of alkyl halides is 3. The number of nitrogens with one attached hydrogen (secondary N) is 1. The van der Waals surface area contributed by atoms with Crippen LogP contribution in [0.2, 0.25) is 10.0 Å². The van der Waals surface area contributed by atoms with Crippen molar-refractivity contribution in [2.45, 2.75) is 63.9 Å². The number of aliphatic hydroxyl groups excluding tert-OH is 1. The number of carbonyl (C=O) groups excluding carboxylic acids is 1. The van der Waals surface area contributed by atoms with Crippen LogP contribution in [-0.4, -0.2) is 58.9 Å². The molecule has 2 N–H and O–H groups in total. The fourth-order valence-corrected chi connectivity index (χ4v) is 4.91. The molecule has 0 radical (unpaired) electrons. The van der Waals surface area contributed by atoms with Gasteiger partial charge in [0.15, 0.2) is 0 Å². The molecule has 2 heterocycles. The van der Waals surface area contributed by atoms with Gasteiger partial charge in [-0.2, -0.15) is 13.2 Å². The molecule has 0 aromatic heterocycles. The van der Waals surface area contributed by atoms with E-state index in [1.807, 2.05) is 20.8 Å². The predicted octanol–water partition coefficient (Wildman–Crippen LogP) is 5.39. The predicted molar refractivity (Wildman–Crippen MR) is 137 cm³/mol. The first-order valence-electron chi connectivity index (χ1n) is 11.9. The second-order valence-electron chi connectivity index (χ2n) is 10.5. The molecule has 12 heteroatoms. The third-order valence-electron chi connectivity index (χ3n) is 6.34. The molecule has 4 rings (SSSR count). The summed E-state index contributed by atoms with van der Waals surface area (Å²) in [6.07, 6.45) is -6.46. The number of likely N-dealkylation sites (tertiary alicyclic amines) is 1. The molecule has 2 aliphatic heterocycles. The van der Waals surface area contributed by atoms with Gasteiger partial charge in [-0.3, -0.25) is 9.69 Å². The topological polar surface area (TPSA) is 83.4 Å². The van der Waals surface area contributed by atoms with Crippen molar-refractivity contribution >= 4 is 34.8 Å². The summed E-state index contributed by atoms with van der Waals surface area (Å²) in [5, 5.41) is 16.9. The van der Waals surface area contributed by atoms with E-state index in [0.717, 1.165) is 12.1 Å². The molecule has 1 amide bonds. The zero-order valence-corrected chi connectivity index (χ0v) is 22.7. The number of ether oxygens (including phenoxy) is 1. The Hall–Kier alpha value is -2.37. The number of aliphatic hydroxyl groups is 1. The molecular formula is C26H28Cl2F3N3O4. The third-order valence-corrected chi connectivity index (χ3v) is 6.77. The maximum Gasteiger partial charge on any atom is 0.435 e. The fourth-order valence-electron chi connectivity index (χ4n) is 4.38. The highest BCUT2D eigenvalue weighted by atomic mass is 35.5. The summed E-state index contributed by atoms with van der Waals surface area (Å²) in [5.41, 5.74) is -2.08. The van der Waals surface area contributed by atoms with Gasteiger partial charge < -0.3 is 20.0 Å². The van der Waals surface area contributed by atoms with Gasteiger partial charge in [-0.05, 0) is 69.2 Å². The lowest BCUT2D eigenvalue weighted by atomic mass is 9.86. The Bertz CT molecular complexity index is 1240. The summed E-state index contributed by atoms with van der Waals surface area (Å²) in [7, 11) is 0. The van der Waals surface area contributed by atoms with Gasteiger partial charge in [0.2, 0.25) is 6.41 Å². The van der Waals surface area contributed by atoms with E-state index in [1.165, 1.54) is 12.1 Å². The van der Waals surface area contributed by atoms with E-state index < -0.39 is 30.2 Å². The number of rotatable bonds is 6. The first-order chi connectivity index (χ1) is 17.6. The Morgan fingerprint density at radius 1 is 1.18 bits per heavy atom. The van der Waals surface area contributed by atoms with Crippen LogP contribution in [0.4, 0.5) is 13.2 Å². The van der Waals surface area contributed by atoms with Gasteiger partial charge in [0.25, 0.3) is 11.5 Å². The number of carbonyl (C=O) groups is 1. The van der Waals surface area contributed by atoms with Crippen molar-refractivity contribution in [3.05, 3.63) is 68.7 Å². The van der Waals surface area contributed by atoms with Crippen LogP contribution in [-0.2, 0) is 15.2 Å². The number of benzene rings is 2. The van der Waals surface area contributed by atoms with Gasteiger partial charge >= 0.3 is 6.18 Å². The number of halogens is 5. The summed E-state index contributed by atoms with van der Waals surface area (Å²) >= 11 is 11.9. The first-order valence-corrected chi connectivity index (χ1v) is 12.6. The largest absolute Gasteiger partial charge is 0.435 e. The zero-order valence-electron chi connectivity index (χ0n) is 21.2. The summed E-state index contributed by atoms with van der Waals surface area (Å²) in [4.78, 5) is 19.6. The van der Waals surface area contributed by atoms with E-state index >= 15 is 0 Å². The van der Waals surface area contributed by atoms with E-state index in [1.54, 1.807) is 24.0 Å². The zero-order chi connectivity index (χ0) is 28.0. The molecule has 1 fully saturated rings. The van der Waals surface area contributed by atoms with Crippen molar-refractivity contribution in [1.29, 1.82) is 0 Å². The molecule has 2 aromatic rings. The molecule has 38 heavy (non-hydrogen) atoms. The average Bonchev–Trinajstić information content (AvgIpc) is 3.21. The Labute approximate surface area is 228 Å². The second kappa shape index (κ2) is 10.3. The minimum atomic E-state index is -4.80. The second-order valence-corrected chi connectivity index (χ2v) is 11.4. The minimum Gasteiger partial charge on any atom is -0.374 e. The van der Waals surface area contributed by atoms with Crippen molar-refractivity contribution in [2.75, 3.05) is 13.1 Å². The third kappa shape index (κ3) is 5.94. The van der Waals surface area contributed by atoms with Crippen LogP contribution in [0.15, 0.2) is 41.6 Å². The molecule has 0 spiro atoms. The van der Waals surface area contributed by atoms with Crippen LogP contribution in [0.25, 0.3) is 0 Å². The smallest absolute Gasteiger partial charge is 0.374 e. The number of hydrogen-bond donors (Lipinski definition) is 2. The molecule has 0 aliphatic carbocycles. The van der Waals surface area contributed by atoms with Crippen LogP contribution < -0.4 is 5.32 Å². The molecule has 7 nitrogen and oxygen atoms in total. The van der Waals surface area contributed by atoms with E-state index in [4.69, 9.17) is 32.8 Å². The standard InChI is InChI=1S/C26H28Cl2F3N3O4/c1-14-7-15(5-6-20(14)22(35)32-19-12-34(13-19)23(36)37-24(2,3)4)21-11-25(38-33-21,26(29,30)31)16-8-17(27)10-18(28)9-16/h5-10,19,23,36H,11-13H2,1-4H3,(H,32,35)/t23?,25-/m0/s1. The lowest BCUT2D eigenvalue weighted by Crippen LogP contribution is -2.63. The lowest BCUT2D eigenvalue weighted by molar-refractivity contribution is -0.275. The Kier molecular flexibility index (Phi) is 7.77. The van der Waals surface area contributed by atoms with Crippen molar-refractivity contribution in [3.63, 3.8) is 0 Å². The minimum absolute atomic E-state index is 0.0465. The van der Waals surface area contributed by atoms with Crippen LogP contribution in [0.1, 0.15) is 54.2 Å². The van der Waals surface area contributed by atoms with Gasteiger partial charge in [-0.1, -0.05) is 34.4 Å². The number of oxime groups is 1. The quantitative estimate of drug-likeness (QED) is 0.453. The fraction of sp³-hybridized carbons (Fsp3) is 0.462. The Morgan fingerprint density at radius 3 is 2.37 bits per heavy atom. The summed E-state index contributed by atoms with van der Waals surface area (Å²) < 4.78 is 48.3. The molecule has 2 aliphatic rings. The Morgan fingerprint density at radius 2 is 1.82 bits per heavy atom. The number of aryl methyl sites for hydroxylation is 1. The number of hydrogen-bond acceptors (Lipinski definition) is 6. The van der Waals surface area contributed by atoms with Crippen molar-refractivity contribution < 1.29 is 32.6 Å². The summed E-state index contributed by atoms with van der Waals surface area (Å²) in [6.45, 7) is 8.03. The molecule has 1 unspecified atom stereocenters. The highest BCUT2D eigenvalue weighted by Gasteiger charge is 2.62. The van der Waals surface area contributed by atoms with Crippen LogP contribution in [0.5, 0.6) is 0 Å². The van der Waals surface area contributed by atoms with Gasteiger partial charge in [0, 0.05) is 40.7 Å². The number of nitrogens with zero attached hydrogens (tertiary/aromatic N) is 2. The van der Waals surface area contributed by atoms with E-state index in [-0.39, 0.29) is 33.3 Å². The lowest BCUT2D eigenvalue weighted by Gasteiger charge is -2.43. The van der Waals surface area contributed by atoms with Crippen LogP contribution in [0.3, 0.4) is 0 Å². The van der Waals surface area contributed by atoms with Gasteiger partial charge in [-0.15, -0.1) is 0 Å². The molecule has 206 valence electrons. The molecular weight excluding hydrogens is 546 g/mol. The van der Waals surface area contributed by atoms with Crippen LogP contribution >= 0.6 is 23.2 Å². The Balaban J connectivity index is 1.44. The molecule has 2 aromatic carbocycles. The van der Waals surface area contributed by atoms with Crippen molar-refractivity contribution in [3.8, 4) is 0 Å². The normalized spacial score (nSPS) is 21.5. The van der Waals surface area contributed by atoms with Crippen LogP contribution in [0, 0.1) is 6.92 Å². The van der Waals surface area contributed by atoms with Crippen molar-refractivity contribution in [1.82, 2.24) is 10.2 Å². The molecule has 1 saturated heterocycles. The summed E-state index contributed by atoms with van der Waals surface area (Å²) in [5.74, 6) is -0.326. The van der Waals surface area contributed by atoms with E-state index in [0.29, 0.717) is 29.8 Å². The summed E-state index contributed by atoms with van der Waals surface area (Å²) in [6, 6.07) is 8.16. The average molecular weight is 574 g/mol. The van der Waals surface area contributed by atoms with Gasteiger partial charge in [0.1, 0.15) is 0 Å². The van der Waals surface area contributed by atoms with Crippen molar-refractivity contribution in [2.24, 2.45) is 5.16 Å². The van der Waals surface area contributed by atoms with E-state index in [9.17, 15) is 23.1 Å². The molecule has 0 saturated carbocycles. The molecule has 0 bridgehead atoms. The SMILES string of the molecule is Cc1cc(C2=NO[C@@](c3cc(Cl)cc(Cl)c3)(C(F)(F)F)C2)ccc1C(=O)NC1CN(C(O)OC(C)(C)C)C1. The van der Waals surface area contributed by atoms with Gasteiger partial charge in [-0.25, -0.2) is 0 Å². The highest BCUT2D eigenvalue weighted by molar-refractivity contribution is 6.34. The highest BCUT2D eigenvalue weighted by Crippen LogP contribution is 2.49. The van der Waals surface area contributed by atoms with E-state index in [2.05, 4.69) is 10.5 Å². The molecule has 2 atom stereocenters. The maximum absolute atomic E-state index is 14.3. The van der Waals surface area contributed by atoms with Gasteiger partial charge in [0.05, 0.1) is 17.4 Å². The maximum atomic E-state index is 14.3. The first kappa shape index (κ1) is 28.6. The number of amides is 1.